The standard InChI is InChI=1S/C32H38O3/c1-6-20(3)30(33)32(35)29-16-21(4)26-15-22(5)27(18-28(26)29)31(34)25-13-11-24(12-14-25)17-23-9-7-19(2)8-10-23/h7-10,15-16,18,20-21,24-25H,6,11-14,17H2,1-5H3. The first kappa shape index (κ1) is 25.3. The molecule has 2 atom stereocenters. The first-order valence-electron chi connectivity index (χ1n) is 13.2. The molecule has 0 radical (unpaired) electrons. The van der Waals surface area contributed by atoms with Crippen LogP contribution < -0.4 is 0 Å². The number of Topliss-reactive ketones (excluding diaryl/α,β-unsaturated/α-hetero) is 3. The highest BCUT2D eigenvalue weighted by molar-refractivity contribution is 6.54. The van der Waals surface area contributed by atoms with Crippen molar-refractivity contribution in [1.29, 1.82) is 0 Å². The van der Waals surface area contributed by atoms with Gasteiger partial charge in [0.15, 0.2) is 5.78 Å². The Labute approximate surface area is 210 Å². The third-order valence-electron chi connectivity index (χ3n) is 8.25. The fourth-order valence-electron chi connectivity index (χ4n) is 5.68. The number of hydrogen-bond donors (Lipinski definition) is 0. The Bertz CT molecular complexity index is 1160. The second-order valence-corrected chi connectivity index (χ2v) is 10.9. The van der Waals surface area contributed by atoms with Crippen molar-refractivity contribution in [2.24, 2.45) is 17.8 Å². The summed E-state index contributed by atoms with van der Waals surface area (Å²) in [5.74, 6) is -0.119. The van der Waals surface area contributed by atoms with Crippen LogP contribution in [0.2, 0.25) is 0 Å². The number of carbonyl (C=O) groups excluding carboxylic acids is 3. The zero-order chi connectivity index (χ0) is 25.3. The molecule has 0 spiro atoms. The van der Waals surface area contributed by atoms with Crippen molar-refractivity contribution in [3.05, 3.63) is 75.9 Å². The van der Waals surface area contributed by atoms with Crippen LogP contribution in [-0.2, 0) is 16.0 Å². The van der Waals surface area contributed by atoms with E-state index in [4.69, 9.17) is 0 Å². The van der Waals surface area contributed by atoms with Gasteiger partial charge in [0.2, 0.25) is 11.6 Å². The first-order valence-corrected chi connectivity index (χ1v) is 13.2. The summed E-state index contributed by atoms with van der Waals surface area (Å²) in [6.45, 7) is 9.88. The SMILES string of the molecule is CCC(C)C(=O)C(=O)C1=CC(C)c2cc(C)c(C(=O)C3CCC(Cc4ccc(C)cc4)CC3)cc21. The van der Waals surface area contributed by atoms with Gasteiger partial charge in [0.05, 0.1) is 0 Å². The smallest absolute Gasteiger partial charge is 0.229 e. The normalized spacial score (nSPS) is 22.3. The number of rotatable bonds is 8. The van der Waals surface area contributed by atoms with E-state index in [1.807, 2.05) is 32.9 Å². The first-order chi connectivity index (χ1) is 16.7. The van der Waals surface area contributed by atoms with E-state index in [9.17, 15) is 14.4 Å². The lowest BCUT2D eigenvalue weighted by atomic mass is 9.76. The van der Waals surface area contributed by atoms with Crippen molar-refractivity contribution < 1.29 is 14.4 Å². The third kappa shape index (κ3) is 5.24. The van der Waals surface area contributed by atoms with Gasteiger partial charge in [-0.3, -0.25) is 14.4 Å². The topological polar surface area (TPSA) is 51.2 Å². The Hall–Kier alpha value is -2.81. The molecule has 35 heavy (non-hydrogen) atoms. The molecule has 2 aliphatic rings. The number of ketones is 3. The van der Waals surface area contributed by atoms with Crippen molar-refractivity contribution in [2.75, 3.05) is 0 Å². The molecule has 3 heteroatoms. The molecule has 0 saturated heterocycles. The Morgan fingerprint density at radius 1 is 0.971 bits per heavy atom. The average Bonchev–Trinajstić information content (AvgIpc) is 3.18. The van der Waals surface area contributed by atoms with Crippen LogP contribution in [0.1, 0.15) is 97.0 Å². The van der Waals surface area contributed by atoms with Gasteiger partial charge in [0, 0.05) is 28.9 Å². The molecule has 1 saturated carbocycles. The van der Waals surface area contributed by atoms with E-state index in [0.29, 0.717) is 17.9 Å². The van der Waals surface area contributed by atoms with Crippen molar-refractivity contribution in [3.63, 3.8) is 0 Å². The second kappa shape index (κ2) is 10.4. The zero-order valence-corrected chi connectivity index (χ0v) is 21.8. The maximum Gasteiger partial charge on any atom is 0.229 e. The van der Waals surface area contributed by atoms with E-state index in [2.05, 4.69) is 37.3 Å². The molecule has 1 fully saturated rings. The number of fused-ring (bicyclic) bond motifs is 1. The highest BCUT2D eigenvalue weighted by atomic mass is 16.2. The number of hydrogen-bond acceptors (Lipinski definition) is 3. The van der Waals surface area contributed by atoms with Crippen LogP contribution in [0.5, 0.6) is 0 Å². The van der Waals surface area contributed by atoms with Crippen LogP contribution >= 0.6 is 0 Å². The van der Waals surface area contributed by atoms with E-state index < -0.39 is 5.78 Å². The molecule has 0 heterocycles. The minimum Gasteiger partial charge on any atom is -0.294 e. The lowest BCUT2D eigenvalue weighted by Crippen LogP contribution is -2.24. The minimum atomic E-state index is -0.413. The van der Waals surface area contributed by atoms with E-state index in [1.54, 1.807) is 6.92 Å². The molecule has 2 unspecified atom stereocenters. The molecule has 2 aliphatic carbocycles. The van der Waals surface area contributed by atoms with Gasteiger partial charge in [-0.05, 0) is 86.6 Å². The molecule has 0 aromatic heterocycles. The van der Waals surface area contributed by atoms with Gasteiger partial charge in [0.25, 0.3) is 0 Å². The number of aryl methyl sites for hydroxylation is 2. The molecule has 0 amide bonds. The molecule has 184 valence electrons. The lowest BCUT2D eigenvalue weighted by molar-refractivity contribution is -0.135. The van der Waals surface area contributed by atoms with Crippen molar-refractivity contribution in [1.82, 2.24) is 0 Å². The predicted octanol–water partition coefficient (Wildman–Crippen LogP) is 7.22. The molecule has 0 N–H and O–H groups in total. The quantitative estimate of drug-likeness (QED) is 0.302. The molecule has 0 aliphatic heterocycles. The molecule has 4 rings (SSSR count). The summed E-state index contributed by atoms with van der Waals surface area (Å²) in [5, 5.41) is 0. The summed E-state index contributed by atoms with van der Waals surface area (Å²) in [6.07, 6.45) is 7.59. The maximum absolute atomic E-state index is 13.6. The Morgan fingerprint density at radius 3 is 2.26 bits per heavy atom. The summed E-state index contributed by atoms with van der Waals surface area (Å²) in [7, 11) is 0. The number of carbonyl (C=O) groups is 3. The zero-order valence-electron chi connectivity index (χ0n) is 21.8. The summed E-state index contributed by atoms with van der Waals surface area (Å²) in [5.41, 5.74) is 6.65. The highest BCUT2D eigenvalue weighted by Gasteiger charge is 2.33. The summed E-state index contributed by atoms with van der Waals surface area (Å²) in [4.78, 5) is 39.3. The Balaban J connectivity index is 1.49. The second-order valence-electron chi connectivity index (χ2n) is 10.9. The fourth-order valence-corrected chi connectivity index (χ4v) is 5.68. The Kier molecular flexibility index (Phi) is 7.54. The van der Waals surface area contributed by atoms with Gasteiger partial charge < -0.3 is 0 Å². The van der Waals surface area contributed by atoms with Crippen molar-refractivity contribution in [2.45, 2.75) is 79.1 Å². The van der Waals surface area contributed by atoms with Crippen LogP contribution in [0.4, 0.5) is 0 Å². The number of benzene rings is 2. The largest absolute Gasteiger partial charge is 0.294 e. The summed E-state index contributed by atoms with van der Waals surface area (Å²) < 4.78 is 0. The predicted molar refractivity (Wildman–Crippen MR) is 142 cm³/mol. The van der Waals surface area contributed by atoms with Gasteiger partial charge in [-0.1, -0.05) is 62.7 Å². The summed E-state index contributed by atoms with van der Waals surface area (Å²) in [6, 6.07) is 12.8. The van der Waals surface area contributed by atoms with Gasteiger partial charge >= 0.3 is 0 Å². The average molecular weight is 471 g/mol. The molecule has 3 nitrogen and oxygen atoms in total. The van der Waals surface area contributed by atoms with Gasteiger partial charge in [-0.25, -0.2) is 0 Å². The lowest BCUT2D eigenvalue weighted by Gasteiger charge is -2.28. The van der Waals surface area contributed by atoms with Crippen LogP contribution in [0, 0.1) is 31.6 Å². The summed E-state index contributed by atoms with van der Waals surface area (Å²) >= 11 is 0. The van der Waals surface area contributed by atoms with E-state index in [-0.39, 0.29) is 29.3 Å². The molecular weight excluding hydrogens is 432 g/mol. The van der Waals surface area contributed by atoms with E-state index in [1.165, 1.54) is 11.1 Å². The van der Waals surface area contributed by atoms with Gasteiger partial charge in [-0.2, -0.15) is 0 Å². The molecule has 2 aromatic rings. The fraction of sp³-hybridized carbons (Fsp3) is 0.469. The van der Waals surface area contributed by atoms with E-state index >= 15 is 0 Å². The molecule has 2 aromatic carbocycles. The highest BCUT2D eigenvalue weighted by Crippen LogP contribution is 2.40. The Morgan fingerprint density at radius 2 is 1.63 bits per heavy atom. The van der Waals surface area contributed by atoms with Crippen LogP contribution in [0.3, 0.4) is 0 Å². The van der Waals surface area contributed by atoms with Crippen LogP contribution in [-0.4, -0.2) is 17.3 Å². The van der Waals surface area contributed by atoms with Gasteiger partial charge in [0.1, 0.15) is 0 Å². The van der Waals surface area contributed by atoms with Crippen molar-refractivity contribution >= 4 is 22.9 Å². The minimum absolute atomic E-state index is 0.0321. The molecule has 0 bridgehead atoms. The molecular formula is C32H38O3. The van der Waals surface area contributed by atoms with Crippen LogP contribution in [0.25, 0.3) is 5.57 Å². The van der Waals surface area contributed by atoms with Crippen LogP contribution in [0.15, 0.2) is 42.5 Å². The van der Waals surface area contributed by atoms with Crippen molar-refractivity contribution in [3.8, 4) is 0 Å². The number of allylic oxidation sites excluding steroid dienone is 2. The maximum atomic E-state index is 13.6. The van der Waals surface area contributed by atoms with E-state index in [0.717, 1.165) is 54.4 Å². The third-order valence-corrected chi connectivity index (χ3v) is 8.25. The van der Waals surface area contributed by atoms with Gasteiger partial charge in [-0.15, -0.1) is 0 Å². The monoisotopic (exact) mass is 470 g/mol.